The van der Waals surface area contributed by atoms with E-state index in [2.05, 4.69) is 25.6 Å². The molecule has 9 heteroatoms. The van der Waals surface area contributed by atoms with Gasteiger partial charge in [-0.2, -0.15) is 15.0 Å². The zero-order valence-electron chi connectivity index (χ0n) is 11.2. The molecule has 0 aliphatic rings. The first-order valence-corrected chi connectivity index (χ1v) is 6.77. The minimum Gasteiger partial charge on any atom is -0.464 e. The van der Waals surface area contributed by atoms with E-state index in [-0.39, 0.29) is 22.0 Å². The van der Waals surface area contributed by atoms with Crippen molar-refractivity contribution in [3.63, 3.8) is 0 Å². The van der Waals surface area contributed by atoms with Gasteiger partial charge in [-0.1, -0.05) is 23.2 Å². The number of aromatic nitrogens is 3. The highest BCUT2D eigenvalue weighted by Gasteiger charge is 2.10. The number of halogens is 3. The van der Waals surface area contributed by atoms with Crippen molar-refractivity contribution in [2.75, 3.05) is 24.3 Å². The van der Waals surface area contributed by atoms with Gasteiger partial charge in [0.1, 0.15) is 0 Å². The van der Waals surface area contributed by atoms with E-state index in [1.54, 1.807) is 7.05 Å². The number of ether oxygens (including phenoxy) is 1. The lowest BCUT2D eigenvalue weighted by molar-refractivity contribution is 0.312. The summed E-state index contributed by atoms with van der Waals surface area (Å²) in [7, 11) is 1.67. The van der Waals surface area contributed by atoms with Gasteiger partial charge in [0.05, 0.1) is 16.7 Å². The van der Waals surface area contributed by atoms with Gasteiger partial charge in [0.15, 0.2) is 5.82 Å². The molecule has 0 unspecified atom stereocenters. The molecule has 6 nitrogen and oxygen atoms in total. The van der Waals surface area contributed by atoms with Crippen LogP contribution in [-0.4, -0.2) is 28.6 Å². The van der Waals surface area contributed by atoms with E-state index in [4.69, 9.17) is 27.9 Å². The normalized spacial score (nSPS) is 10.3. The third-order valence-corrected chi connectivity index (χ3v) is 2.90. The van der Waals surface area contributed by atoms with Crippen LogP contribution in [0.25, 0.3) is 0 Å². The lowest BCUT2D eigenvalue weighted by Gasteiger charge is -2.09. The molecule has 2 aromatic rings. The molecule has 21 heavy (non-hydrogen) atoms. The molecule has 2 rings (SSSR count). The van der Waals surface area contributed by atoms with E-state index in [1.807, 2.05) is 6.92 Å². The number of hydrogen-bond donors (Lipinski definition) is 2. The minimum atomic E-state index is -0.676. The number of nitrogens with one attached hydrogen (secondary N) is 2. The molecular weight excluding hydrogens is 320 g/mol. The van der Waals surface area contributed by atoms with Crippen LogP contribution in [0.5, 0.6) is 6.01 Å². The summed E-state index contributed by atoms with van der Waals surface area (Å²) in [6.07, 6.45) is 0. The lowest BCUT2D eigenvalue weighted by Crippen LogP contribution is -2.07. The van der Waals surface area contributed by atoms with Crippen LogP contribution in [0.4, 0.5) is 22.0 Å². The molecule has 2 N–H and O–H groups in total. The molecule has 0 aliphatic carbocycles. The summed E-state index contributed by atoms with van der Waals surface area (Å²) in [6, 6.07) is 2.93. The maximum atomic E-state index is 13.4. The van der Waals surface area contributed by atoms with E-state index in [1.165, 1.54) is 12.1 Å². The monoisotopic (exact) mass is 331 g/mol. The molecule has 0 amide bonds. The van der Waals surface area contributed by atoms with Crippen LogP contribution in [0.1, 0.15) is 6.92 Å². The quantitative estimate of drug-likeness (QED) is 0.817. The fourth-order valence-corrected chi connectivity index (χ4v) is 1.96. The van der Waals surface area contributed by atoms with Gasteiger partial charge in [0.2, 0.25) is 11.9 Å². The topological polar surface area (TPSA) is 72.0 Å². The molecule has 1 aromatic carbocycles. The summed E-state index contributed by atoms with van der Waals surface area (Å²) in [6.45, 7) is 2.23. The zero-order chi connectivity index (χ0) is 15.4. The SMILES string of the molecule is CCOc1nc(NC)nc(Nc2cc(Cl)c(F)c(Cl)c2)n1. The third kappa shape index (κ3) is 3.83. The molecule has 0 fully saturated rings. The first-order chi connectivity index (χ1) is 10.0. The Balaban J connectivity index is 2.32. The number of rotatable bonds is 5. The van der Waals surface area contributed by atoms with Gasteiger partial charge in [-0.3, -0.25) is 0 Å². The van der Waals surface area contributed by atoms with Crippen LogP contribution in [0.2, 0.25) is 10.0 Å². The average Bonchev–Trinajstić information content (AvgIpc) is 2.44. The maximum Gasteiger partial charge on any atom is 0.323 e. The van der Waals surface area contributed by atoms with Crippen LogP contribution in [0, 0.1) is 5.82 Å². The largest absolute Gasteiger partial charge is 0.464 e. The van der Waals surface area contributed by atoms with Gasteiger partial charge in [-0.15, -0.1) is 0 Å². The van der Waals surface area contributed by atoms with Crippen molar-refractivity contribution in [3.8, 4) is 6.01 Å². The van der Waals surface area contributed by atoms with Crippen LogP contribution in [0.15, 0.2) is 12.1 Å². The number of benzene rings is 1. The number of nitrogens with zero attached hydrogens (tertiary/aromatic N) is 3. The van der Waals surface area contributed by atoms with Crippen LogP contribution in [-0.2, 0) is 0 Å². The summed E-state index contributed by atoms with van der Waals surface area (Å²) in [5.74, 6) is -0.128. The first kappa shape index (κ1) is 15.5. The minimum absolute atomic E-state index is 0.0991. The number of hydrogen-bond acceptors (Lipinski definition) is 6. The van der Waals surface area contributed by atoms with E-state index in [0.717, 1.165) is 0 Å². The summed E-state index contributed by atoms with van der Waals surface area (Å²) in [5.41, 5.74) is 0.446. The van der Waals surface area contributed by atoms with E-state index >= 15 is 0 Å². The second kappa shape index (κ2) is 6.73. The second-order valence-electron chi connectivity index (χ2n) is 3.83. The summed E-state index contributed by atoms with van der Waals surface area (Å²) in [4.78, 5) is 12.2. The third-order valence-electron chi connectivity index (χ3n) is 2.35. The maximum absolute atomic E-state index is 13.4. The molecular formula is C12H12Cl2FN5O. The zero-order valence-corrected chi connectivity index (χ0v) is 12.8. The highest BCUT2D eigenvalue weighted by atomic mass is 35.5. The molecule has 0 spiro atoms. The Kier molecular flexibility index (Phi) is 4.98. The molecule has 112 valence electrons. The van der Waals surface area contributed by atoms with Crippen LogP contribution >= 0.6 is 23.2 Å². The Morgan fingerprint density at radius 1 is 1.14 bits per heavy atom. The molecule has 0 bridgehead atoms. The molecule has 1 heterocycles. The van der Waals surface area contributed by atoms with Crippen LogP contribution < -0.4 is 15.4 Å². The standard InChI is InChI=1S/C12H12Cl2FN5O/c1-3-21-12-19-10(16-2)18-11(20-12)17-6-4-7(13)9(15)8(14)5-6/h4-5H,3H2,1-2H3,(H2,16,17,18,19,20). The number of anilines is 3. The highest BCUT2D eigenvalue weighted by Crippen LogP contribution is 2.28. The fourth-order valence-electron chi connectivity index (χ4n) is 1.47. The lowest BCUT2D eigenvalue weighted by atomic mass is 10.3. The van der Waals surface area contributed by atoms with Gasteiger partial charge < -0.3 is 15.4 Å². The van der Waals surface area contributed by atoms with Crippen molar-refractivity contribution in [1.82, 2.24) is 15.0 Å². The van der Waals surface area contributed by atoms with Crippen LogP contribution in [0.3, 0.4) is 0 Å². The summed E-state index contributed by atoms with van der Waals surface area (Å²) >= 11 is 11.5. The highest BCUT2D eigenvalue weighted by molar-refractivity contribution is 6.35. The van der Waals surface area contributed by atoms with Crippen molar-refractivity contribution >= 4 is 40.8 Å². The van der Waals surface area contributed by atoms with Crippen molar-refractivity contribution in [2.45, 2.75) is 6.92 Å². The van der Waals surface area contributed by atoms with Gasteiger partial charge in [-0.25, -0.2) is 4.39 Å². The molecule has 0 atom stereocenters. The van der Waals surface area contributed by atoms with Gasteiger partial charge in [0.25, 0.3) is 0 Å². The molecule has 0 saturated heterocycles. The van der Waals surface area contributed by atoms with Crippen molar-refractivity contribution in [2.24, 2.45) is 0 Å². The Hall–Kier alpha value is -1.86. The first-order valence-electron chi connectivity index (χ1n) is 6.01. The second-order valence-corrected chi connectivity index (χ2v) is 4.64. The fraction of sp³-hybridized carbons (Fsp3) is 0.250. The summed E-state index contributed by atoms with van der Waals surface area (Å²) < 4.78 is 18.6. The van der Waals surface area contributed by atoms with E-state index < -0.39 is 5.82 Å². The summed E-state index contributed by atoms with van der Waals surface area (Å²) in [5, 5.41) is 5.46. The van der Waals surface area contributed by atoms with Crippen molar-refractivity contribution in [3.05, 3.63) is 28.0 Å². The smallest absolute Gasteiger partial charge is 0.323 e. The van der Waals surface area contributed by atoms with Gasteiger partial charge >= 0.3 is 6.01 Å². The predicted octanol–water partition coefficient (Wildman–Crippen LogP) is 3.50. The molecule has 0 radical (unpaired) electrons. The van der Waals surface area contributed by atoms with E-state index in [0.29, 0.717) is 18.2 Å². The Bertz CT molecular complexity index is 633. The Morgan fingerprint density at radius 3 is 2.33 bits per heavy atom. The predicted molar refractivity (Wildman–Crippen MR) is 80.2 cm³/mol. The Labute approximate surface area is 130 Å². The van der Waals surface area contributed by atoms with Crippen molar-refractivity contribution < 1.29 is 9.13 Å². The average molecular weight is 332 g/mol. The van der Waals surface area contributed by atoms with Crippen molar-refractivity contribution in [1.29, 1.82) is 0 Å². The molecule has 0 aliphatic heterocycles. The Morgan fingerprint density at radius 2 is 1.76 bits per heavy atom. The van der Waals surface area contributed by atoms with E-state index in [9.17, 15) is 4.39 Å². The molecule has 1 aromatic heterocycles. The molecule has 0 saturated carbocycles. The van der Waals surface area contributed by atoms with Gasteiger partial charge in [0, 0.05) is 12.7 Å². The van der Waals surface area contributed by atoms with Gasteiger partial charge in [-0.05, 0) is 19.1 Å².